The lowest BCUT2D eigenvalue weighted by atomic mass is 10.2. The number of hydrogen-bond donors (Lipinski definition) is 0. The largest absolute Gasteiger partial charge is 0.465 e. The monoisotopic (exact) mass is 487 g/mol. The third-order valence-corrected chi connectivity index (χ3v) is 8.39. The molecule has 0 N–H and O–H groups in total. The molecule has 0 spiro atoms. The van der Waals surface area contributed by atoms with E-state index in [0.717, 1.165) is 28.6 Å². The Bertz CT molecular complexity index is 1370. The molecule has 0 unspecified atom stereocenters. The van der Waals surface area contributed by atoms with Crippen LogP contribution in [0.15, 0.2) is 52.4 Å². The molecule has 1 aliphatic rings. The summed E-state index contributed by atoms with van der Waals surface area (Å²) in [4.78, 5) is 29.8. The molecule has 2 aromatic carbocycles. The average molecular weight is 488 g/mol. The Morgan fingerprint density at radius 2 is 1.79 bits per heavy atom. The third kappa shape index (κ3) is 4.92. The number of amides is 1. The van der Waals surface area contributed by atoms with E-state index in [-0.39, 0.29) is 23.6 Å². The molecule has 1 amide bonds. The van der Waals surface area contributed by atoms with Crippen molar-refractivity contribution in [3.63, 3.8) is 0 Å². The van der Waals surface area contributed by atoms with Crippen LogP contribution in [-0.4, -0.2) is 48.9 Å². The second-order valence-electron chi connectivity index (χ2n) is 7.80. The van der Waals surface area contributed by atoms with Crippen molar-refractivity contribution in [2.75, 3.05) is 19.7 Å². The molecule has 10 heteroatoms. The lowest BCUT2D eigenvalue weighted by molar-refractivity contribution is -0.143. The molecule has 0 atom stereocenters. The number of carbonyl (C=O) groups is 2. The zero-order chi connectivity index (χ0) is 23.6. The number of aromatic nitrogens is 1. The maximum absolute atomic E-state index is 12.9. The Labute approximate surface area is 196 Å². The summed E-state index contributed by atoms with van der Waals surface area (Å²) in [5.41, 5.74) is 2.11. The van der Waals surface area contributed by atoms with E-state index < -0.39 is 21.9 Å². The van der Waals surface area contributed by atoms with E-state index in [1.807, 2.05) is 25.1 Å². The fraction of sp³-hybridized carbons (Fsp3) is 0.348. The molecule has 33 heavy (non-hydrogen) atoms. The Balaban J connectivity index is 1.67. The number of hydrogen-bond acceptors (Lipinski definition) is 6. The van der Waals surface area contributed by atoms with Crippen LogP contribution in [0.25, 0.3) is 10.2 Å². The molecule has 8 nitrogen and oxygen atoms in total. The number of thiazole rings is 1. The van der Waals surface area contributed by atoms with Gasteiger partial charge in [0, 0.05) is 18.7 Å². The Hall–Kier alpha value is -2.82. The minimum Gasteiger partial charge on any atom is -0.465 e. The van der Waals surface area contributed by atoms with Gasteiger partial charge in [-0.15, -0.1) is 0 Å². The van der Waals surface area contributed by atoms with Gasteiger partial charge in [0.1, 0.15) is 6.54 Å². The second kappa shape index (κ2) is 9.58. The zero-order valence-corrected chi connectivity index (χ0v) is 20.1. The summed E-state index contributed by atoms with van der Waals surface area (Å²) < 4.78 is 34.5. The van der Waals surface area contributed by atoms with Crippen LogP contribution in [0.4, 0.5) is 0 Å². The Morgan fingerprint density at radius 1 is 1.09 bits per heavy atom. The van der Waals surface area contributed by atoms with Crippen molar-refractivity contribution < 1.29 is 22.7 Å². The van der Waals surface area contributed by atoms with Gasteiger partial charge < -0.3 is 9.30 Å². The molecular weight excluding hydrogens is 462 g/mol. The smallest absolute Gasteiger partial charge is 0.326 e. The van der Waals surface area contributed by atoms with Crippen molar-refractivity contribution in [1.29, 1.82) is 0 Å². The van der Waals surface area contributed by atoms with E-state index >= 15 is 0 Å². The van der Waals surface area contributed by atoms with Gasteiger partial charge in [0.2, 0.25) is 10.0 Å². The molecule has 3 aromatic rings. The van der Waals surface area contributed by atoms with E-state index in [0.29, 0.717) is 17.9 Å². The molecule has 1 aromatic heterocycles. The summed E-state index contributed by atoms with van der Waals surface area (Å²) in [6, 6.07) is 11.6. The van der Waals surface area contributed by atoms with E-state index in [4.69, 9.17) is 4.74 Å². The number of sulfonamides is 1. The van der Waals surface area contributed by atoms with Crippen LogP contribution in [0, 0.1) is 6.92 Å². The number of aryl methyl sites for hydroxylation is 1. The lowest BCUT2D eigenvalue weighted by Crippen LogP contribution is -2.27. The number of fused-ring (bicyclic) bond motifs is 1. The first kappa shape index (κ1) is 23.3. The molecule has 2 heterocycles. The standard InChI is InChI=1S/C23H25N3O5S2/c1-3-31-21(27)15-26-19-11-6-16(2)14-20(19)32-23(26)24-22(28)17-7-9-18(10-8-17)33(29,30)25-12-4-5-13-25/h6-11,14H,3-5,12-13,15H2,1-2H3. The SMILES string of the molecule is CCOC(=O)Cn1c(=NC(=O)c2ccc(S(=O)(=O)N3CCCC3)cc2)sc2cc(C)ccc21. The van der Waals surface area contributed by atoms with Gasteiger partial charge in [-0.2, -0.15) is 9.30 Å². The first-order valence-electron chi connectivity index (χ1n) is 10.7. The summed E-state index contributed by atoms with van der Waals surface area (Å²) in [7, 11) is -3.55. The van der Waals surface area contributed by atoms with Gasteiger partial charge in [0.15, 0.2) is 4.80 Å². The first-order chi connectivity index (χ1) is 15.8. The van der Waals surface area contributed by atoms with Crippen LogP contribution < -0.4 is 4.80 Å². The average Bonchev–Trinajstić information content (AvgIpc) is 3.43. The molecule has 174 valence electrons. The van der Waals surface area contributed by atoms with Crippen LogP contribution in [0.3, 0.4) is 0 Å². The number of nitrogens with zero attached hydrogens (tertiary/aromatic N) is 3. The Kier molecular flexibility index (Phi) is 6.78. The number of rotatable bonds is 6. The highest BCUT2D eigenvalue weighted by molar-refractivity contribution is 7.89. The zero-order valence-electron chi connectivity index (χ0n) is 18.5. The van der Waals surface area contributed by atoms with Crippen molar-refractivity contribution >= 4 is 43.5 Å². The van der Waals surface area contributed by atoms with Gasteiger partial charge in [-0.05, 0) is 68.7 Å². The molecule has 1 fully saturated rings. The van der Waals surface area contributed by atoms with Crippen molar-refractivity contribution in [1.82, 2.24) is 8.87 Å². The van der Waals surface area contributed by atoms with Gasteiger partial charge in [0.25, 0.3) is 5.91 Å². The second-order valence-corrected chi connectivity index (χ2v) is 10.7. The maximum atomic E-state index is 12.9. The highest BCUT2D eigenvalue weighted by Gasteiger charge is 2.27. The molecule has 4 rings (SSSR count). The van der Waals surface area contributed by atoms with E-state index in [9.17, 15) is 18.0 Å². The minimum absolute atomic E-state index is 0.0595. The summed E-state index contributed by atoms with van der Waals surface area (Å²) in [5.74, 6) is -0.927. The predicted octanol–water partition coefficient (Wildman–Crippen LogP) is 3.10. The summed E-state index contributed by atoms with van der Waals surface area (Å²) in [6.07, 6.45) is 1.71. The molecule has 0 saturated carbocycles. The van der Waals surface area contributed by atoms with Crippen molar-refractivity contribution in [2.24, 2.45) is 4.99 Å². The predicted molar refractivity (Wildman–Crippen MR) is 126 cm³/mol. The van der Waals surface area contributed by atoms with E-state index in [1.54, 1.807) is 11.5 Å². The molecule has 0 aliphatic carbocycles. The number of benzene rings is 2. The summed E-state index contributed by atoms with van der Waals surface area (Å²) in [5, 5.41) is 0. The van der Waals surface area contributed by atoms with Gasteiger partial charge >= 0.3 is 5.97 Å². The van der Waals surface area contributed by atoms with Crippen LogP contribution in [0.5, 0.6) is 0 Å². The molecule has 1 saturated heterocycles. The highest BCUT2D eigenvalue weighted by Crippen LogP contribution is 2.22. The Morgan fingerprint density at radius 3 is 2.45 bits per heavy atom. The van der Waals surface area contributed by atoms with Crippen molar-refractivity contribution in [3.05, 3.63) is 58.4 Å². The van der Waals surface area contributed by atoms with Gasteiger partial charge in [-0.25, -0.2) is 8.42 Å². The molecular formula is C23H25N3O5S2. The summed E-state index contributed by atoms with van der Waals surface area (Å²) >= 11 is 1.31. The summed E-state index contributed by atoms with van der Waals surface area (Å²) in [6.45, 7) is 4.94. The quantitative estimate of drug-likeness (QED) is 0.498. The normalized spacial score (nSPS) is 15.3. The maximum Gasteiger partial charge on any atom is 0.326 e. The van der Waals surface area contributed by atoms with Gasteiger partial charge in [-0.1, -0.05) is 17.4 Å². The number of esters is 1. The molecule has 0 radical (unpaired) electrons. The fourth-order valence-electron chi connectivity index (χ4n) is 3.75. The minimum atomic E-state index is -3.55. The van der Waals surface area contributed by atoms with Crippen LogP contribution in [-0.2, 0) is 26.1 Å². The number of ether oxygens (including phenoxy) is 1. The van der Waals surface area contributed by atoms with Crippen LogP contribution in [0.1, 0.15) is 35.7 Å². The van der Waals surface area contributed by atoms with Crippen LogP contribution in [0.2, 0.25) is 0 Å². The van der Waals surface area contributed by atoms with E-state index in [2.05, 4.69) is 4.99 Å². The topological polar surface area (TPSA) is 98.0 Å². The van der Waals surface area contributed by atoms with Crippen molar-refractivity contribution in [2.45, 2.75) is 38.1 Å². The number of carbonyl (C=O) groups excluding carboxylic acids is 2. The van der Waals surface area contributed by atoms with E-state index in [1.165, 1.54) is 39.9 Å². The lowest BCUT2D eigenvalue weighted by Gasteiger charge is -2.15. The first-order valence-corrected chi connectivity index (χ1v) is 13.0. The fourth-order valence-corrected chi connectivity index (χ4v) is 6.40. The van der Waals surface area contributed by atoms with Crippen molar-refractivity contribution in [3.8, 4) is 0 Å². The molecule has 0 bridgehead atoms. The highest BCUT2D eigenvalue weighted by atomic mass is 32.2. The van der Waals surface area contributed by atoms with Gasteiger partial charge in [-0.3, -0.25) is 9.59 Å². The van der Waals surface area contributed by atoms with Crippen LogP contribution >= 0.6 is 11.3 Å². The third-order valence-electron chi connectivity index (χ3n) is 5.43. The van der Waals surface area contributed by atoms with Gasteiger partial charge in [0.05, 0.1) is 21.7 Å². The molecule has 1 aliphatic heterocycles.